The molecule has 4 aromatic rings. The highest BCUT2D eigenvalue weighted by Gasteiger charge is 2.32. The average Bonchev–Trinajstić information content (AvgIpc) is 3.43. The second-order valence-electron chi connectivity index (χ2n) is 7.95. The Hall–Kier alpha value is -3.31. The predicted octanol–water partition coefficient (Wildman–Crippen LogP) is 3.03. The molecule has 0 fully saturated rings. The lowest BCUT2D eigenvalue weighted by Crippen LogP contribution is -2.38. The summed E-state index contributed by atoms with van der Waals surface area (Å²) in [5, 5.41) is 4.41. The van der Waals surface area contributed by atoms with Crippen molar-refractivity contribution in [2.45, 2.75) is 33.0 Å². The summed E-state index contributed by atoms with van der Waals surface area (Å²) in [5.41, 5.74) is 0.880. The fourth-order valence-electron chi connectivity index (χ4n) is 4.41. The molecule has 1 atom stereocenters. The molecule has 0 aliphatic carbocycles. The second kappa shape index (κ2) is 7.63. The van der Waals surface area contributed by atoms with Crippen molar-refractivity contribution in [3.8, 4) is 22.4 Å². The Morgan fingerprint density at radius 3 is 2.42 bits per heavy atom. The Balaban J connectivity index is 1.66. The van der Waals surface area contributed by atoms with Crippen LogP contribution in [0.2, 0.25) is 0 Å². The van der Waals surface area contributed by atoms with E-state index in [0.717, 1.165) is 12.1 Å². The van der Waals surface area contributed by atoms with E-state index in [4.69, 9.17) is 4.52 Å². The molecule has 2 aromatic heterocycles. The Morgan fingerprint density at radius 1 is 1.09 bits per heavy atom. The molecule has 5 rings (SSSR count). The molecule has 8 nitrogen and oxygen atoms in total. The molecule has 0 unspecified atom stereocenters. The molecule has 33 heavy (non-hydrogen) atoms. The monoisotopic (exact) mass is 474 g/mol. The third-order valence-electron chi connectivity index (χ3n) is 5.97. The van der Waals surface area contributed by atoms with Gasteiger partial charge in [0.25, 0.3) is 5.56 Å². The largest absolute Gasteiger partial charge is 0.356 e. The van der Waals surface area contributed by atoms with E-state index in [-0.39, 0.29) is 52.4 Å². The Labute approximate surface area is 187 Å². The molecular weight excluding hydrogens is 454 g/mol. The molecule has 0 saturated heterocycles. The summed E-state index contributed by atoms with van der Waals surface area (Å²) in [6.07, 6.45) is 0. The minimum absolute atomic E-state index is 0.0577. The summed E-state index contributed by atoms with van der Waals surface area (Å²) in [7, 11) is -3.43. The number of rotatable bonds is 5. The van der Waals surface area contributed by atoms with Crippen molar-refractivity contribution in [3.63, 3.8) is 0 Å². The SMILES string of the molecule is CCS(=O)(=O)N[C@@H]1Cn2c(C)c(-c3noc4cccc(-c5c(F)cccc5F)c34)c(=O)n2C1. The number of hydrogen-bond donors (Lipinski definition) is 1. The fourth-order valence-corrected chi connectivity index (χ4v) is 5.23. The van der Waals surface area contributed by atoms with E-state index in [9.17, 15) is 22.0 Å². The van der Waals surface area contributed by atoms with Gasteiger partial charge in [-0.3, -0.25) is 9.48 Å². The van der Waals surface area contributed by atoms with Gasteiger partial charge in [0.2, 0.25) is 10.0 Å². The molecule has 0 bridgehead atoms. The molecule has 1 N–H and O–H groups in total. The van der Waals surface area contributed by atoms with Crippen LogP contribution in [0.3, 0.4) is 0 Å². The normalized spacial score (nSPS) is 15.9. The molecule has 2 aromatic carbocycles. The van der Waals surface area contributed by atoms with Gasteiger partial charge in [-0.2, -0.15) is 0 Å². The summed E-state index contributed by atoms with van der Waals surface area (Å²) >= 11 is 0. The van der Waals surface area contributed by atoms with Gasteiger partial charge in [0, 0.05) is 11.3 Å². The third kappa shape index (κ3) is 3.39. The van der Waals surface area contributed by atoms with Crippen molar-refractivity contribution in [2.24, 2.45) is 0 Å². The summed E-state index contributed by atoms with van der Waals surface area (Å²) in [4.78, 5) is 13.3. The van der Waals surface area contributed by atoms with Crippen LogP contribution in [0.25, 0.3) is 33.4 Å². The van der Waals surface area contributed by atoms with Crippen LogP contribution < -0.4 is 10.3 Å². The maximum absolute atomic E-state index is 14.6. The van der Waals surface area contributed by atoms with E-state index >= 15 is 0 Å². The van der Waals surface area contributed by atoms with Crippen molar-refractivity contribution in [2.75, 3.05) is 5.75 Å². The van der Waals surface area contributed by atoms with Crippen LogP contribution in [-0.2, 0) is 23.1 Å². The molecule has 1 aliphatic heterocycles. The van der Waals surface area contributed by atoms with Crippen molar-refractivity contribution in [1.29, 1.82) is 0 Å². The summed E-state index contributed by atoms with van der Waals surface area (Å²) in [6.45, 7) is 3.68. The third-order valence-corrected chi connectivity index (χ3v) is 7.42. The molecule has 1 aliphatic rings. The number of sulfonamides is 1. The number of halogens is 2. The number of nitrogens with zero attached hydrogens (tertiary/aromatic N) is 3. The molecule has 11 heteroatoms. The zero-order chi connectivity index (χ0) is 23.5. The first-order valence-electron chi connectivity index (χ1n) is 10.3. The van der Waals surface area contributed by atoms with Crippen LogP contribution in [0.1, 0.15) is 12.6 Å². The number of nitrogens with one attached hydrogen (secondary N) is 1. The van der Waals surface area contributed by atoms with Crippen molar-refractivity contribution >= 4 is 21.0 Å². The minimum Gasteiger partial charge on any atom is -0.356 e. The lowest BCUT2D eigenvalue weighted by molar-refractivity contribution is 0.459. The van der Waals surface area contributed by atoms with E-state index < -0.39 is 27.7 Å². The predicted molar refractivity (Wildman–Crippen MR) is 118 cm³/mol. The Morgan fingerprint density at radius 2 is 1.76 bits per heavy atom. The van der Waals surface area contributed by atoms with Crippen molar-refractivity contribution < 1.29 is 21.7 Å². The Bertz CT molecular complexity index is 1550. The second-order valence-corrected chi connectivity index (χ2v) is 10.00. The van der Waals surface area contributed by atoms with E-state index in [1.165, 1.54) is 10.7 Å². The van der Waals surface area contributed by atoms with Gasteiger partial charge in [0.15, 0.2) is 5.58 Å². The fraction of sp³-hybridized carbons (Fsp3) is 0.273. The van der Waals surface area contributed by atoms with Crippen LogP contribution in [0.4, 0.5) is 8.78 Å². The van der Waals surface area contributed by atoms with Crippen molar-refractivity contribution in [1.82, 2.24) is 19.2 Å². The molecule has 3 heterocycles. The van der Waals surface area contributed by atoms with Crippen LogP contribution >= 0.6 is 0 Å². The Kier molecular flexibility index (Phi) is 4.98. The standard InChI is InChI=1S/C22H20F2N4O4S/c1-3-33(30,31)26-13-10-27-12(2)18(22(29)28(27)11-13)21-20-14(6-4-9-17(20)32-25-21)19-15(23)7-5-8-16(19)24/h4-9,13,26H,3,10-11H2,1-2H3/t13-/m1/s1. The van der Waals surface area contributed by atoms with Gasteiger partial charge in [-0.15, -0.1) is 0 Å². The first kappa shape index (κ1) is 21.5. The van der Waals surface area contributed by atoms with E-state index in [1.807, 2.05) is 0 Å². The summed E-state index contributed by atoms with van der Waals surface area (Å²) < 4.78 is 64.2. The average molecular weight is 474 g/mol. The number of hydrogen-bond acceptors (Lipinski definition) is 5. The van der Waals surface area contributed by atoms with Gasteiger partial charge in [0.1, 0.15) is 17.3 Å². The number of benzene rings is 2. The van der Waals surface area contributed by atoms with Gasteiger partial charge >= 0.3 is 0 Å². The zero-order valence-electron chi connectivity index (χ0n) is 17.8. The van der Waals surface area contributed by atoms with E-state index in [1.54, 1.807) is 36.7 Å². The van der Waals surface area contributed by atoms with Crippen LogP contribution in [-0.4, -0.2) is 34.7 Å². The first-order chi connectivity index (χ1) is 15.7. The quantitative estimate of drug-likeness (QED) is 0.479. The summed E-state index contributed by atoms with van der Waals surface area (Å²) in [6, 6.07) is 7.91. The first-order valence-corrected chi connectivity index (χ1v) is 12.0. The molecule has 0 saturated carbocycles. The molecule has 172 valence electrons. The number of aromatic nitrogens is 3. The van der Waals surface area contributed by atoms with Crippen molar-refractivity contribution in [3.05, 3.63) is 64.1 Å². The van der Waals surface area contributed by atoms with Crippen LogP contribution in [0.5, 0.6) is 0 Å². The highest BCUT2D eigenvalue weighted by atomic mass is 32.2. The zero-order valence-corrected chi connectivity index (χ0v) is 18.6. The van der Waals surface area contributed by atoms with Gasteiger partial charge < -0.3 is 4.52 Å². The van der Waals surface area contributed by atoms with Gasteiger partial charge in [-0.1, -0.05) is 23.4 Å². The van der Waals surface area contributed by atoms with E-state index in [0.29, 0.717) is 11.1 Å². The maximum atomic E-state index is 14.6. The summed E-state index contributed by atoms with van der Waals surface area (Å²) in [5.74, 6) is -1.54. The maximum Gasteiger partial charge on any atom is 0.276 e. The minimum atomic E-state index is -3.43. The van der Waals surface area contributed by atoms with Gasteiger partial charge in [-0.25, -0.2) is 26.6 Å². The lowest BCUT2D eigenvalue weighted by atomic mass is 9.97. The molecule has 0 amide bonds. The lowest BCUT2D eigenvalue weighted by Gasteiger charge is -2.11. The molecule has 0 spiro atoms. The van der Waals surface area contributed by atoms with E-state index in [2.05, 4.69) is 9.88 Å². The highest BCUT2D eigenvalue weighted by Crippen LogP contribution is 2.38. The molecular formula is C22H20F2N4O4S. The van der Waals surface area contributed by atoms with Gasteiger partial charge in [-0.05, 0) is 32.0 Å². The highest BCUT2D eigenvalue weighted by molar-refractivity contribution is 7.89. The topological polar surface area (TPSA) is 99.1 Å². The van der Waals surface area contributed by atoms with Crippen LogP contribution in [0, 0.1) is 18.6 Å². The van der Waals surface area contributed by atoms with Gasteiger partial charge in [0.05, 0.1) is 41.4 Å². The molecule has 0 radical (unpaired) electrons. The smallest absolute Gasteiger partial charge is 0.276 e. The number of fused-ring (bicyclic) bond motifs is 2. The van der Waals surface area contributed by atoms with Crippen LogP contribution in [0.15, 0.2) is 45.7 Å².